The van der Waals surface area contributed by atoms with Gasteiger partial charge in [-0.2, -0.15) is 0 Å². The SMILES string of the molecule is CS(=O)CC(O)CN. The number of aliphatic hydroxyl groups is 1. The van der Waals surface area contributed by atoms with Crippen LogP contribution < -0.4 is 5.73 Å². The first-order chi connectivity index (χ1) is 3.66. The minimum absolute atomic E-state index is 0.194. The molecule has 0 bridgehead atoms. The second kappa shape index (κ2) is 4.00. The Bertz CT molecular complexity index is 86.1. The van der Waals surface area contributed by atoms with E-state index >= 15 is 0 Å². The summed E-state index contributed by atoms with van der Waals surface area (Å²) in [5.74, 6) is 0.288. The highest BCUT2D eigenvalue weighted by atomic mass is 32.2. The summed E-state index contributed by atoms with van der Waals surface area (Å²) >= 11 is 0. The zero-order valence-corrected chi connectivity index (χ0v) is 5.65. The molecule has 50 valence electrons. The van der Waals surface area contributed by atoms with E-state index in [2.05, 4.69) is 0 Å². The molecule has 0 aliphatic rings. The zero-order valence-electron chi connectivity index (χ0n) is 4.83. The van der Waals surface area contributed by atoms with Gasteiger partial charge in [-0.15, -0.1) is 0 Å². The Kier molecular flexibility index (Phi) is 4.03. The number of rotatable bonds is 3. The van der Waals surface area contributed by atoms with Gasteiger partial charge in [0.25, 0.3) is 0 Å². The first-order valence-electron chi connectivity index (χ1n) is 2.35. The van der Waals surface area contributed by atoms with Gasteiger partial charge in [0.05, 0.1) is 11.9 Å². The maximum Gasteiger partial charge on any atom is 0.0777 e. The van der Waals surface area contributed by atoms with Crippen molar-refractivity contribution in [1.29, 1.82) is 0 Å². The lowest BCUT2D eigenvalue weighted by Crippen LogP contribution is -2.25. The van der Waals surface area contributed by atoms with Crippen LogP contribution >= 0.6 is 0 Å². The van der Waals surface area contributed by atoms with Crippen molar-refractivity contribution >= 4 is 10.8 Å². The Morgan fingerprint density at radius 2 is 2.38 bits per heavy atom. The third kappa shape index (κ3) is 4.23. The maximum atomic E-state index is 10.3. The summed E-state index contributed by atoms with van der Waals surface area (Å²) in [4.78, 5) is 0. The van der Waals surface area contributed by atoms with Gasteiger partial charge in [-0.05, 0) is 0 Å². The molecule has 0 rings (SSSR count). The van der Waals surface area contributed by atoms with Crippen LogP contribution in [0.15, 0.2) is 0 Å². The van der Waals surface area contributed by atoms with Crippen molar-refractivity contribution in [2.24, 2.45) is 5.73 Å². The third-order valence-electron chi connectivity index (χ3n) is 0.699. The largest absolute Gasteiger partial charge is 0.391 e. The van der Waals surface area contributed by atoms with Crippen LogP contribution in [0.25, 0.3) is 0 Å². The lowest BCUT2D eigenvalue weighted by Gasteiger charge is -2.02. The molecule has 0 radical (unpaired) electrons. The molecule has 8 heavy (non-hydrogen) atoms. The molecule has 0 aromatic carbocycles. The third-order valence-corrected chi connectivity index (χ3v) is 1.55. The van der Waals surface area contributed by atoms with E-state index in [1.54, 1.807) is 6.26 Å². The molecule has 0 aromatic rings. The first-order valence-corrected chi connectivity index (χ1v) is 4.07. The van der Waals surface area contributed by atoms with E-state index in [0.717, 1.165) is 0 Å². The molecule has 0 aromatic heterocycles. The normalized spacial score (nSPS) is 17.9. The van der Waals surface area contributed by atoms with E-state index in [1.165, 1.54) is 0 Å². The Balaban J connectivity index is 3.24. The van der Waals surface area contributed by atoms with Crippen LogP contribution in [0.5, 0.6) is 0 Å². The summed E-state index contributed by atoms with van der Waals surface area (Å²) in [7, 11) is -0.926. The van der Waals surface area contributed by atoms with Crippen LogP contribution in [0, 0.1) is 0 Å². The molecule has 3 nitrogen and oxygen atoms in total. The van der Waals surface area contributed by atoms with Gasteiger partial charge in [-0.25, -0.2) is 0 Å². The predicted octanol–water partition coefficient (Wildman–Crippen LogP) is -1.32. The van der Waals surface area contributed by atoms with Crippen molar-refractivity contribution in [2.45, 2.75) is 6.10 Å². The van der Waals surface area contributed by atoms with Gasteiger partial charge in [0, 0.05) is 23.6 Å². The van der Waals surface area contributed by atoms with Crippen molar-refractivity contribution in [3.05, 3.63) is 0 Å². The van der Waals surface area contributed by atoms with Crippen LogP contribution in [0.1, 0.15) is 0 Å². The molecule has 0 aliphatic heterocycles. The monoisotopic (exact) mass is 137 g/mol. The van der Waals surface area contributed by atoms with E-state index in [-0.39, 0.29) is 12.3 Å². The smallest absolute Gasteiger partial charge is 0.0777 e. The molecule has 0 fully saturated rings. The molecule has 0 spiro atoms. The number of aliphatic hydroxyl groups excluding tert-OH is 1. The van der Waals surface area contributed by atoms with Crippen molar-refractivity contribution in [1.82, 2.24) is 0 Å². The van der Waals surface area contributed by atoms with E-state index in [9.17, 15) is 4.21 Å². The molecule has 0 heterocycles. The molecule has 0 aliphatic carbocycles. The Hall–Kier alpha value is 0.0700. The summed E-state index contributed by atoms with van der Waals surface area (Å²) in [6.45, 7) is 0.194. The van der Waals surface area contributed by atoms with Gasteiger partial charge in [-0.1, -0.05) is 0 Å². The lowest BCUT2D eigenvalue weighted by molar-refractivity contribution is 0.207. The fourth-order valence-corrected chi connectivity index (χ4v) is 1.02. The number of hydrogen-bond acceptors (Lipinski definition) is 3. The average molecular weight is 137 g/mol. The molecule has 3 N–H and O–H groups in total. The molecular formula is C4H11NO2S. The van der Waals surface area contributed by atoms with Gasteiger partial charge in [0.2, 0.25) is 0 Å². The Morgan fingerprint density at radius 3 is 2.50 bits per heavy atom. The average Bonchev–Trinajstić information content (AvgIpc) is 1.65. The molecule has 0 amide bonds. The van der Waals surface area contributed by atoms with Crippen molar-refractivity contribution < 1.29 is 9.32 Å². The van der Waals surface area contributed by atoms with Gasteiger partial charge >= 0.3 is 0 Å². The summed E-state index contributed by atoms with van der Waals surface area (Å²) in [5, 5.41) is 8.71. The van der Waals surface area contributed by atoms with Gasteiger partial charge < -0.3 is 10.8 Å². The van der Waals surface area contributed by atoms with Crippen LogP contribution in [0.3, 0.4) is 0 Å². The highest BCUT2D eigenvalue weighted by Gasteiger charge is 2.01. The minimum Gasteiger partial charge on any atom is -0.391 e. The van der Waals surface area contributed by atoms with Gasteiger partial charge in [-0.3, -0.25) is 4.21 Å². The van der Waals surface area contributed by atoms with Crippen LogP contribution in [0.4, 0.5) is 0 Å². The summed E-state index contributed by atoms with van der Waals surface area (Å²) in [6, 6.07) is 0. The van der Waals surface area contributed by atoms with E-state index < -0.39 is 16.9 Å². The molecule has 2 unspecified atom stereocenters. The minimum atomic E-state index is -0.926. The highest BCUT2D eigenvalue weighted by Crippen LogP contribution is 1.81. The summed E-state index contributed by atoms with van der Waals surface area (Å²) < 4.78 is 10.3. The number of nitrogens with two attached hydrogens (primary N) is 1. The topological polar surface area (TPSA) is 63.3 Å². The van der Waals surface area contributed by atoms with Crippen molar-refractivity contribution in [3.8, 4) is 0 Å². The lowest BCUT2D eigenvalue weighted by atomic mass is 10.4. The van der Waals surface area contributed by atoms with E-state index in [4.69, 9.17) is 10.8 Å². The molecular weight excluding hydrogens is 126 g/mol. The van der Waals surface area contributed by atoms with Crippen molar-refractivity contribution in [3.63, 3.8) is 0 Å². The molecule has 2 atom stereocenters. The van der Waals surface area contributed by atoms with Gasteiger partial charge in [0.15, 0.2) is 0 Å². The highest BCUT2D eigenvalue weighted by molar-refractivity contribution is 7.84. The Morgan fingerprint density at radius 1 is 1.88 bits per heavy atom. The molecule has 4 heteroatoms. The maximum absolute atomic E-state index is 10.3. The standard InChI is InChI=1S/C4H11NO2S/c1-8(7)3-4(6)2-5/h4,6H,2-3,5H2,1H3. The van der Waals surface area contributed by atoms with Crippen LogP contribution in [-0.4, -0.2) is 34.0 Å². The van der Waals surface area contributed by atoms with E-state index in [0.29, 0.717) is 0 Å². The zero-order chi connectivity index (χ0) is 6.57. The van der Waals surface area contributed by atoms with Gasteiger partial charge in [0.1, 0.15) is 0 Å². The fourth-order valence-electron chi connectivity index (χ4n) is 0.339. The quantitative estimate of drug-likeness (QED) is 0.507. The van der Waals surface area contributed by atoms with Crippen molar-refractivity contribution in [2.75, 3.05) is 18.6 Å². The first kappa shape index (κ1) is 8.07. The Labute approximate surface area is 51.3 Å². The summed E-state index contributed by atoms with van der Waals surface area (Å²) in [6.07, 6.45) is 0.944. The number of hydrogen-bond donors (Lipinski definition) is 2. The molecule has 0 saturated heterocycles. The second-order valence-electron chi connectivity index (χ2n) is 1.63. The van der Waals surface area contributed by atoms with Crippen LogP contribution in [-0.2, 0) is 10.8 Å². The second-order valence-corrected chi connectivity index (χ2v) is 3.11. The predicted molar refractivity (Wildman–Crippen MR) is 34.0 cm³/mol. The van der Waals surface area contributed by atoms with E-state index in [1.807, 2.05) is 0 Å². The molecule has 0 saturated carbocycles. The van der Waals surface area contributed by atoms with Crippen LogP contribution in [0.2, 0.25) is 0 Å². The summed E-state index contributed by atoms with van der Waals surface area (Å²) in [5.41, 5.74) is 5.04. The fraction of sp³-hybridized carbons (Fsp3) is 1.00.